The summed E-state index contributed by atoms with van der Waals surface area (Å²) in [4.78, 5) is 27.7. The maximum absolute atomic E-state index is 12.7. The molecule has 2 amide bonds. The fourth-order valence-corrected chi connectivity index (χ4v) is 5.07. The minimum Gasteiger partial charge on any atom is -0.351 e. The van der Waals surface area contributed by atoms with Crippen LogP contribution >= 0.6 is 23.2 Å². The fraction of sp³-hybridized carbons (Fsp3) is 0.417. The van der Waals surface area contributed by atoms with Crippen LogP contribution in [0.4, 0.5) is 0 Å². The number of carbonyl (C=O) groups excluding carboxylic acids is 2. The van der Waals surface area contributed by atoms with E-state index in [1.54, 1.807) is 31.2 Å². The van der Waals surface area contributed by atoms with Crippen molar-refractivity contribution >= 4 is 35.0 Å². The van der Waals surface area contributed by atoms with E-state index in [-0.39, 0.29) is 17.9 Å². The van der Waals surface area contributed by atoms with Crippen LogP contribution in [0.5, 0.6) is 0 Å². The highest BCUT2D eigenvalue weighted by Gasteiger charge is 2.41. The van der Waals surface area contributed by atoms with Crippen molar-refractivity contribution in [2.24, 2.45) is 0 Å². The molecule has 0 aliphatic carbocycles. The van der Waals surface area contributed by atoms with Crippen LogP contribution < -0.4 is 10.6 Å². The Hall–Kier alpha value is -2.08. The summed E-state index contributed by atoms with van der Waals surface area (Å²) in [6, 6.07) is 15.2. The normalized spacial score (nSPS) is 23.9. The number of halogens is 2. The number of nitrogens with zero attached hydrogens (tertiary/aromatic N) is 1. The van der Waals surface area contributed by atoms with Crippen molar-refractivity contribution in [3.05, 3.63) is 69.7 Å². The van der Waals surface area contributed by atoms with Crippen molar-refractivity contribution < 1.29 is 9.59 Å². The summed E-state index contributed by atoms with van der Waals surface area (Å²) in [5.74, 6) is -0.450. The zero-order chi connectivity index (χ0) is 22.0. The van der Waals surface area contributed by atoms with E-state index in [0.717, 1.165) is 37.3 Å². The number of nitrogens with one attached hydrogen (secondary N) is 2. The number of rotatable bonds is 6. The fourth-order valence-electron chi connectivity index (χ4n) is 4.75. The summed E-state index contributed by atoms with van der Waals surface area (Å²) in [7, 11) is 0. The Balaban J connectivity index is 1.30. The molecule has 0 spiro atoms. The molecule has 2 fully saturated rings. The van der Waals surface area contributed by atoms with Crippen LogP contribution in [0.2, 0.25) is 10.0 Å². The lowest BCUT2D eigenvalue weighted by Gasteiger charge is -2.39. The number of carbonyl (C=O) groups is 2. The molecule has 3 atom stereocenters. The number of hydrogen-bond donors (Lipinski definition) is 2. The standard InChI is InChI=1S/C24H27Cl2N3O2/c1-15(27-24(31)17-3-2-4-19(26)11-17)23(30)28-20-12-21-9-10-22(13-20)29(21)14-16-5-7-18(25)8-6-16/h2-8,11,15,20-22H,9-10,12-14H2,1H3,(H,27,31)(H,28,30)/t15-,20?,21?,22?/m0/s1. The van der Waals surface area contributed by atoms with Gasteiger partial charge in [-0.1, -0.05) is 41.4 Å². The Kier molecular flexibility index (Phi) is 6.85. The van der Waals surface area contributed by atoms with Crippen LogP contribution in [-0.2, 0) is 11.3 Å². The predicted octanol–water partition coefficient (Wildman–Crippen LogP) is 4.42. The van der Waals surface area contributed by atoms with Gasteiger partial charge in [0.05, 0.1) is 0 Å². The molecule has 164 valence electrons. The Labute approximate surface area is 193 Å². The maximum Gasteiger partial charge on any atom is 0.251 e. The number of fused-ring (bicyclic) bond motifs is 2. The number of hydrogen-bond acceptors (Lipinski definition) is 3. The quantitative estimate of drug-likeness (QED) is 0.671. The number of benzene rings is 2. The maximum atomic E-state index is 12.7. The third-order valence-electron chi connectivity index (χ3n) is 6.34. The molecule has 2 aliphatic rings. The number of amides is 2. The molecule has 2 aromatic rings. The summed E-state index contributed by atoms with van der Waals surface area (Å²) in [6.45, 7) is 2.63. The van der Waals surface area contributed by atoms with Crippen molar-refractivity contribution in [1.29, 1.82) is 0 Å². The first-order valence-corrected chi connectivity index (χ1v) is 11.5. The van der Waals surface area contributed by atoms with Gasteiger partial charge in [0.25, 0.3) is 5.91 Å². The summed E-state index contributed by atoms with van der Waals surface area (Å²) < 4.78 is 0. The largest absolute Gasteiger partial charge is 0.351 e. The molecule has 0 aromatic heterocycles. The molecule has 2 heterocycles. The minimum atomic E-state index is -0.615. The molecule has 0 saturated carbocycles. The molecule has 4 rings (SSSR count). The van der Waals surface area contributed by atoms with Crippen LogP contribution in [0.25, 0.3) is 0 Å². The first-order chi connectivity index (χ1) is 14.9. The van der Waals surface area contributed by atoms with E-state index in [1.165, 1.54) is 5.56 Å². The van der Waals surface area contributed by atoms with Gasteiger partial charge in [0.15, 0.2) is 0 Å². The van der Waals surface area contributed by atoms with Crippen molar-refractivity contribution in [2.45, 2.75) is 63.3 Å². The molecular weight excluding hydrogens is 433 g/mol. The van der Waals surface area contributed by atoms with Gasteiger partial charge in [0, 0.05) is 40.3 Å². The molecule has 2 bridgehead atoms. The van der Waals surface area contributed by atoms with Gasteiger partial charge in [-0.25, -0.2) is 0 Å². The minimum absolute atomic E-state index is 0.136. The second-order valence-corrected chi connectivity index (χ2v) is 9.44. The zero-order valence-corrected chi connectivity index (χ0v) is 19.0. The third kappa shape index (κ3) is 5.40. The third-order valence-corrected chi connectivity index (χ3v) is 6.82. The zero-order valence-electron chi connectivity index (χ0n) is 17.5. The van der Waals surface area contributed by atoms with Crippen LogP contribution in [-0.4, -0.2) is 40.9 Å². The number of piperidine rings is 1. The molecule has 5 nitrogen and oxygen atoms in total. The van der Waals surface area contributed by atoms with Gasteiger partial charge in [-0.3, -0.25) is 14.5 Å². The molecule has 2 saturated heterocycles. The molecule has 31 heavy (non-hydrogen) atoms. The Morgan fingerprint density at radius 3 is 2.35 bits per heavy atom. The Morgan fingerprint density at radius 1 is 1.03 bits per heavy atom. The summed E-state index contributed by atoms with van der Waals surface area (Å²) in [6.07, 6.45) is 4.19. The Bertz CT molecular complexity index is 936. The smallest absolute Gasteiger partial charge is 0.251 e. The molecule has 2 aromatic carbocycles. The second kappa shape index (κ2) is 9.60. The SMILES string of the molecule is C[C@H](NC(=O)c1cccc(Cl)c1)C(=O)NC1CC2CCC(C1)N2Cc1ccc(Cl)cc1. The Morgan fingerprint density at radius 2 is 1.71 bits per heavy atom. The lowest BCUT2D eigenvalue weighted by Crippen LogP contribution is -2.53. The highest BCUT2D eigenvalue weighted by molar-refractivity contribution is 6.31. The van der Waals surface area contributed by atoms with Crippen LogP contribution in [0.3, 0.4) is 0 Å². The lowest BCUT2D eigenvalue weighted by atomic mass is 9.96. The topological polar surface area (TPSA) is 61.4 Å². The van der Waals surface area contributed by atoms with E-state index in [4.69, 9.17) is 23.2 Å². The molecular formula is C24H27Cl2N3O2. The second-order valence-electron chi connectivity index (χ2n) is 8.57. The van der Waals surface area contributed by atoms with Crippen LogP contribution in [0, 0.1) is 0 Å². The molecule has 2 unspecified atom stereocenters. The van der Waals surface area contributed by atoms with Crippen molar-refractivity contribution in [1.82, 2.24) is 15.5 Å². The monoisotopic (exact) mass is 459 g/mol. The lowest BCUT2D eigenvalue weighted by molar-refractivity contribution is -0.123. The van der Waals surface area contributed by atoms with Crippen molar-refractivity contribution in [3.8, 4) is 0 Å². The van der Waals surface area contributed by atoms with Gasteiger partial charge < -0.3 is 10.6 Å². The van der Waals surface area contributed by atoms with E-state index in [0.29, 0.717) is 22.7 Å². The first-order valence-electron chi connectivity index (χ1n) is 10.8. The van der Waals surface area contributed by atoms with Crippen molar-refractivity contribution in [3.63, 3.8) is 0 Å². The van der Waals surface area contributed by atoms with Gasteiger partial charge in [-0.2, -0.15) is 0 Å². The molecule has 0 radical (unpaired) electrons. The van der Waals surface area contributed by atoms with E-state index >= 15 is 0 Å². The highest BCUT2D eigenvalue weighted by atomic mass is 35.5. The summed E-state index contributed by atoms with van der Waals surface area (Å²) >= 11 is 12.0. The molecule has 2 aliphatic heterocycles. The van der Waals surface area contributed by atoms with Gasteiger partial charge in [-0.05, 0) is 68.5 Å². The van der Waals surface area contributed by atoms with E-state index < -0.39 is 6.04 Å². The van der Waals surface area contributed by atoms with E-state index in [1.807, 2.05) is 12.1 Å². The van der Waals surface area contributed by atoms with Gasteiger partial charge >= 0.3 is 0 Å². The average Bonchev–Trinajstić information content (AvgIpc) is 2.97. The first kappa shape index (κ1) is 22.1. The molecule has 2 N–H and O–H groups in total. The summed E-state index contributed by atoms with van der Waals surface area (Å²) in [5, 5.41) is 7.17. The van der Waals surface area contributed by atoms with Gasteiger partial charge in [-0.15, -0.1) is 0 Å². The van der Waals surface area contributed by atoms with E-state index in [9.17, 15) is 9.59 Å². The van der Waals surface area contributed by atoms with E-state index in [2.05, 4.69) is 27.7 Å². The van der Waals surface area contributed by atoms with Gasteiger partial charge in [0.1, 0.15) is 6.04 Å². The highest BCUT2D eigenvalue weighted by Crippen LogP contribution is 2.37. The van der Waals surface area contributed by atoms with Crippen LogP contribution in [0.15, 0.2) is 48.5 Å². The summed E-state index contributed by atoms with van der Waals surface area (Å²) in [5.41, 5.74) is 1.71. The average molecular weight is 460 g/mol. The van der Waals surface area contributed by atoms with Crippen LogP contribution in [0.1, 0.15) is 48.5 Å². The van der Waals surface area contributed by atoms with Crippen molar-refractivity contribution in [2.75, 3.05) is 0 Å². The van der Waals surface area contributed by atoms with Gasteiger partial charge in [0.2, 0.25) is 5.91 Å². The molecule has 7 heteroatoms. The predicted molar refractivity (Wildman–Crippen MR) is 123 cm³/mol.